The number of anilines is 1. The molecule has 0 atom stereocenters. The molecule has 0 spiro atoms. The van der Waals surface area contributed by atoms with Crippen LogP contribution in [0, 0.1) is 6.92 Å². The molecule has 4 rings (SSSR count). The van der Waals surface area contributed by atoms with Crippen LogP contribution in [0.4, 0.5) is 5.69 Å². The van der Waals surface area contributed by atoms with Crippen molar-refractivity contribution in [1.82, 2.24) is 9.97 Å². The highest BCUT2D eigenvalue weighted by molar-refractivity contribution is 7.13. The van der Waals surface area contributed by atoms with Crippen LogP contribution >= 0.6 is 22.9 Å². The van der Waals surface area contributed by atoms with Crippen molar-refractivity contribution in [3.8, 4) is 5.75 Å². The molecule has 1 N–H and O–H groups in total. The molecule has 0 saturated carbocycles. The summed E-state index contributed by atoms with van der Waals surface area (Å²) in [5.41, 5.74) is 2.10. The lowest BCUT2D eigenvalue weighted by molar-refractivity contribution is 0.103. The Hall–Kier alpha value is -2.96. The smallest absolute Gasteiger partial charge is 0.267 e. The number of pyridine rings is 1. The molecule has 140 valence electrons. The number of benzene rings is 2. The Morgan fingerprint density at radius 3 is 2.75 bits per heavy atom. The molecule has 5 nitrogen and oxygen atoms in total. The summed E-state index contributed by atoms with van der Waals surface area (Å²) in [5.74, 6) is 0.496. The van der Waals surface area contributed by atoms with Crippen LogP contribution in [-0.4, -0.2) is 15.9 Å². The maximum Gasteiger partial charge on any atom is 0.267 e. The monoisotopic (exact) mass is 409 g/mol. The topological polar surface area (TPSA) is 64.1 Å². The molecule has 0 radical (unpaired) electrons. The van der Waals surface area contributed by atoms with Crippen molar-refractivity contribution in [3.63, 3.8) is 0 Å². The number of nitrogens with zero attached hydrogens (tertiary/aromatic N) is 2. The largest absolute Gasteiger partial charge is 0.486 e. The summed E-state index contributed by atoms with van der Waals surface area (Å²) in [6, 6.07) is 16.6. The van der Waals surface area contributed by atoms with E-state index < -0.39 is 0 Å². The molecule has 0 saturated heterocycles. The van der Waals surface area contributed by atoms with Gasteiger partial charge in [-0.1, -0.05) is 29.8 Å². The number of nitrogens with one attached hydrogen (secondary N) is 1. The standard InChI is InChI=1S/C21H16ClN3O2S/c1-13-20(28-18(24-13)12-27-16-9-7-15(22)8-10-16)21(26)25-17-6-2-4-14-5-3-11-23-19(14)17/h2-11H,12H2,1H3,(H,25,26). The Kier molecular flexibility index (Phi) is 5.23. The normalized spacial score (nSPS) is 10.8. The minimum absolute atomic E-state index is 0.203. The van der Waals surface area contributed by atoms with Crippen molar-refractivity contribution >= 4 is 45.4 Å². The molecule has 2 aromatic carbocycles. The van der Waals surface area contributed by atoms with E-state index in [1.54, 1.807) is 30.5 Å². The molecule has 0 unspecified atom stereocenters. The zero-order valence-electron chi connectivity index (χ0n) is 15.0. The van der Waals surface area contributed by atoms with E-state index in [1.165, 1.54) is 11.3 Å². The van der Waals surface area contributed by atoms with E-state index in [1.807, 2.05) is 37.3 Å². The van der Waals surface area contributed by atoms with E-state index in [-0.39, 0.29) is 12.5 Å². The van der Waals surface area contributed by atoms with E-state index in [0.29, 0.717) is 27.0 Å². The first-order valence-corrected chi connectivity index (χ1v) is 9.79. The number of carbonyl (C=O) groups excluding carboxylic acids is 1. The minimum atomic E-state index is -0.203. The van der Waals surface area contributed by atoms with E-state index in [0.717, 1.165) is 15.9 Å². The maximum atomic E-state index is 12.8. The van der Waals surface area contributed by atoms with Gasteiger partial charge in [-0.25, -0.2) is 4.98 Å². The molecule has 7 heteroatoms. The van der Waals surface area contributed by atoms with Gasteiger partial charge in [-0.3, -0.25) is 9.78 Å². The third-order valence-electron chi connectivity index (χ3n) is 4.10. The lowest BCUT2D eigenvalue weighted by Crippen LogP contribution is -2.12. The molecule has 0 aliphatic carbocycles. The van der Waals surface area contributed by atoms with Crippen molar-refractivity contribution in [1.29, 1.82) is 0 Å². The summed E-state index contributed by atoms with van der Waals surface area (Å²) in [6.07, 6.45) is 1.71. The van der Waals surface area contributed by atoms with Crippen LogP contribution in [0.1, 0.15) is 20.4 Å². The Labute approximate surface area is 171 Å². The van der Waals surface area contributed by atoms with Crippen LogP contribution in [0.15, 0.2) is 60.8 Å². The van der Waals surface area contributed by atoms with Crippen molar-refractivity contribution in [2.24, 2.45) is 0 Å². The van der Waals surface area contributed by atoms with Gasteiger partial charge in [-0.05, 0) is 43.3 Å². The molecule has 1 amide bonds. The molecule has 0 fully saturated rings. The van der Waals surface area contributed by atoms with Crippen LogP contribution in [0.5, 0.6) is 5.75 Å². The molecule has 0 aliphatic heterocycles. The summed E-state index contributed by atoms with van der Waals surface area (Å²) >= 11 is 7.20. The maximum absolute atomic E-state index is 12.8. The Morgan fingerprint density at radius 1 is 1.14 bits per heavy atom. The van der Waals surface area contributed by atoms with Gasteiger partial charge in [0.05, 0.1) is 16.9 Å². The Morgan fingerprint density at radius 2 is 1.93 bits per heavy atom. The van der Waals surface area contributed by atoms with Crippen LogP contribution < -0.4 is 10.1 Å². The molecule has 2 heterocycles. The first-order valence-electron chi connectivity index (χ1n) is 8.60. The average molecular weight is 410 g/mol. The van der Waals surface area contributed by atoms with Crippen LogP contribution in [0.3, 0.4) is 0 Å². The second kappa shape index (κ2) is 7.96. The van der Waals surface area contributed by atoms with E-state index >= 15 is 0 Å². The third kappa shape index (κ3) is 3.98. The van der Waals surface area contributed by atoms with Gasteiger partial charge >= 0.3 is 0 Å². The van der Waals surface area contributed by atoms with Gasteiger partial charge in [0.2, 0.25) is 0 Å². The van der Waals surface area contributed by atoms with Crippen LogP contribution in [-0.2, 0) is 6.61 Å². The zero-order chi connectivity index (χ0) is 19.5. The van der Waals surface area contributed by atoms with E-state index in [4.69, 9.17) is 16.3 Å². The van der Waals surface area contributed by atoms with Gasteiger partial charge in [-0.2, -0.15) is 0 Å². The van der Waals surface area contributed by atoms with Crippen molar-refractivity contribution in [2.45, 2.75) is 13.5 Å². The number of hydrogen-bond donors (Lipinski definition) is 1. The SMILES string of the molecule is Cc1nc(COc2ccc(Cl)cc2)sc1C(=O)Nc1cccc2cccnc12. The van der Waals surface area contributed by atoms with Gasteiger partial charge in [0.25, 0.3) is 5.91 Å². The first kappa shape index (κ1) is 18.4. The van der Waals surface area contributed by atoms with Crippen molar-refractivity contribution in [3.05, 3.63) is 81.4 Å². The first-order chi connectivity index (χ1) is 13.6. The molecule has 2 aromatic heterocycles. The minimum Gasteiger partial charge on any atom is -0.486 e. The zero-order valence-corrected chi connectivity index (χ0v) is 16.6. The molecular weight excluding hydrogens is 394 g/mol. The van der Waals surface area contributed by atoms with Crippen LogP contribution in [0.25, 0.3) is 10.9 Å². The molecule has 4 aromatic rings. The van der Waals surface area contributed by atoms with Crippen LogP contribution in [0.2, 0.25) is 5.02 Å². The second-order valence-electron chi connectivity index (χ2n) is 6.10. The fourth-order valence-corrected chi connectivity index (χ4v) is 3.78. The molecule has 0 bridgehead atoms. The van der Waals surface area contributed by atoms with Crippen molar-refractivity contribution < 1.29 is 9.53 Å². The third-order valence-corrected chi connectivity index (χ3v) is 5.49. The number of aromatic nitrogens is 2. The van der Waals surface area contributed by atoms with Gasteiger partial charge < -0.3 is 10.1 Å². The average Bonchev–Trinajstić information content (AvgIpc) is 3.08. The van der Waals surface area contributed by atoms with Gasteiger partial charge in [0.15, 0.2) is 0 Å². The Balaban J connectivity index is 1.49. The predicted molar refractivity (Wildman–Crippen MR) is 112 cm³/mol. The molecule has 0 aliphatic rings. The van der Waals surface area contributed by atoms with Crippen molar-refractivity contribution in [2.75, 3.05) is 5.32 Å². The number of thiazole rings is 1. The van der Waals surface area contributed by atoms with Gasteiger partial charge in [0.1, 0.15) is 22.2 Å². The summed E-state index contributed by atoms with van der Waals surface area (Å²) in [5, 5.41) is 5.30. The summed E-state index contributed by atoms with van der Waals surface area (Å²) < 4.78 is 5.72. The number of para-hydroxylation sites is 1. The quantitative estimate of drug-likeness (QED) is 0.473. The second-order valence-corrected chi connectivity index (χ2v) is 7.62. The van der Waals surface area contributed by atoms with Gasteiger partial charge in [-0.15, -0.1) is 11.3 Å². The highest BCUT2D eigenvalue weighted by atomic mass is 35.5. The Bertz CT molecular complexity index is 1140. The number of rotatable bonds is 5. The lowest BCUT2D eigenvalue weighted by Gasteiger charge is -2.07. The van der Waals surface area contributed by atoms with Gasteiger partial charge in [0, 0.05) is 16.6 Å². The van der Waals surface area contributed by atoms with E-state index in [2.05, 4.69) is 15.3 Å². The summed E-state index contributed by atoms with van der Waals surface area (Å²) in [6.45, 7) is 2.11. The highest BCUT2D eigenvalue weighted by Gasteiger charge is 2.17. The lowest BCUT2D eigenvalue weighted by atomic mass is 10.2. The fourth-order valence-electron chi connectivity index (χ4n) is 2.78. The highest BCUT2D eigenvalue weighted by Crippen LogP contribution is 2.25. The number of hydrogen-bond acceptors (Lipinski definition) is 5. The number of halogens is 1. The molecular formula is C21H16ClN3O2S. The van der Waals surface area contributed by atoms with E-state index in [9.17, 15) is 4.79 Å². The fraction of sp³-hybridized carbons (Fsp3) is 0.0952. The number of carbonyl (C=O) groups is 1. The molecule has 28 heavy (non-hydrogen) atoms. The summed E-state index contributed by atoms with van der Waals surface area (Å²) in [4.78, 5) is 22.2. The number of aryl methyl sites for hydroxylation is 1. The predicted octanol–water partition coefficient (Wildman–Crippen LogP) is 5.48. The summed E-state index contributed by atoms with van der Waals surface area (Å²) in [7, 11) is 0. The number of ether oxygens (including phenoxy) is 1. The number of fused-ring (bicyclic) bond motifs is 1. The number of amides is 1.